The maximum absolute atomic E-state index is 10.9. The number of halogens is 2. The molecule has 0 unspecified atom stereocenters. The van der Waals surface area contributed by atoms with Crippen molar-refractivity contribution in [2.45, 2.75) is 0 Å². The van der Waals surface area contributed by atoms with Crippen LogP contribution in [0.2, 0.25) is 0 Å². The summed E-state index contributed by atoms with van der Waals surface area (Å²) in [7, 11) is 0. The zero-order valence-electron chi connectivity index (χ0n) is 15.7. The quantitative estimate of drug-likeness (QED) is 0.211. The SMILES string of the molecule is O=Cc1ccc(C=Cc2ccc3c(c2)c2cc(Br)ccc2n3-c2ccc(Br)cc2)s1. The lowest BCUT2D eigenvalue weighted by Crippen LogP contribution is -1.93. The van der Waals surface area contributed by atoms with Crippen molar-refractivity contribution >= 4 is 83.4 Å². The lowest BCUT2D eigenvalue weighted by Gasteiger charge is -2.08. The summed E-state index contributed by atoms with van der Waals surface area (Å²) in [5.41, 5.74) is 4.59. The smallest absolute Gasteiger partial charge is 0.160 e. The van der Waals surface area contributed by atoms with E-state index in [2.05, 4.69) is 109 Å². The summed E-state index contributed by atoms with van der Waals surface area (Å²) >= 11 is 8.65. The highest BCUT2D eigenvalue weighted by Gasteiger charge is 2.13. The molecule has 0 spiro atoms. The van der Waals surface area contributed by atoms with Crippen molar-refractivity contribution in [3.63, 3.8) is 0 Å². The topological polar surface area (TPSA) is 22.0 Å². The molecule has 0 aliphatic carbocycles. The highest BCUT2D eigenvalue weighted by atomic mass is 79.9. The largest absolute Gasteiger partial charge is 0.309 e. The first-order valence-corrected chi connectivity index (χ1v) is 11.8. The van der Waals surface area contributed by atoms with Gasteiger partial charge in [0.25, 0.3) is 0 Å². The summed E-state index contributed by atoms with van der Waals surface area (Å²) in [5.74, 6) is 0. The highest BCUT2D eigenvalue weighted by Crippen LogP contribution is 2.35. The highest BCUT2D eigenvalue weighted by molar-refractivity contribution is 9.10. The molecule has 0 N–H and O–H groups in total. The molecule has 2 heterocycles. The van der Waals surface area contributed by atoms with E-state index in [1.807, 2.05) is 12.1 Å². The third kappa shape index (κ3) is 3.58. The van der Waals surface area contributed by atoms with Crippen LogP contribution in [0.25, 0.3) is 39.6 Å². The molecule has 2 aromatic heterocycles. The molecule has 30 heavy (non-hydrogen) atoms. The van der Waals surface area contributed by atoms with Crippen LogP contribution in [0.3, 0.4) is 0 Å². The first kappa shape index (κ1) is 19.5. The van der Waals surface area contributed by atoms with Gasteiger partial charge in [-0.05, 0) is 78.4 Å². The summed E-state index contributed by atoms with van der Waals surface area (Å²) in [5, 5.41) is 2.41. The predicted molar refractivity (Wildman–Crippen MR) is 135 cm³/mol. The normalized spacial score (nSPS) is 11.7. The molecule has 0 radical (unpaired) electrons. The minimum Gasteiger partial charge on any atom is -0.309 e. The Bertz CT molecular complexity index is 1430. The van der Waals surface area contributed by atoms with Gasteiger partial charge in [-0.25, -0.2) is 0 Å². The second-order valence-electron chi connectivity index (χ2n) is 6.94. The van der Waals surface area contributed by atoms with Gasteiger partial charge in [0.15, 0.2) is 6.29 Å². The fourth-order valence-corrected chi connectivity index (χ4v) is 5.04. The molecule has 0 aliphatic heterocycles. The third-order valence-electron chi connectivity index (χ3n) is 5.04. The summed E-state index contributed by atoms with van der Waals surface area (Å²) in [6.45, 7) is 0. The lowest BCUT2D eigenvalue weighted by atomic mass is 10.1. The van der Waals surface area contributed by atoms with Gasteiger partial charge in [-0.2, -0.15) is 0 Å². The number of carbonyl (C=O) groups is 1. The summed E-state index contributed by atoms with van der Waals surface area (Å²) in [6.07, 6.45) is 5.05. The second-order valence-corrected chi connectivity index (χ2v) is 9.92. The van der Waals surface area contributed by atoms with Crippen LogP contribution >= 0.6 is 43.2 Å². The van der Waals surface area contributed by atoms with Gasteiger partial charge in [0, 0.05) is 30.3 Å². The molecule has 5 heteroatoms. The van der Waals surface area contributed by atoms with E-state index in [-0.39, 0.29) is 0 Å². The van der Waals surface area contributed by atoms with E-state index in [0.29, 0.717) is 0 Å². The van der Waals surface area contributed by atoms with E-state index >= 15 is 0 Å². The number of hydrogen-bond donors (Lipinski definition) is 0. The zero-order valence-corrected chi connectivity index (χ0v) is 19.7. The van der Waals surface area contributed by atoms with Crippen molar-refractivity contribution in [3.8, 4) is 5.69 Å². The number of carbonyl (C=O) groups excluding carboxylic acids is 1. The molecule has 0 bridgehead atoms. The van der Waals surface area contributed by atoms with Crippen molar-refractivity contribution < 1.29 is 4.79 Å². The molecular formula is C25H15Br2NOS. The van der Waals surface area contributed by atoms with Gasteiger partial charge in [0.2, 0.25) is 0 Å². The fraction of sp³-hybridized carbons (Fsp3) is 0. The van der Waals surface area contributed by atoms with E-state index in [9.17, 15) is 4.79 Å². The lowest BCUT2D eigenvalue weighted by molar-refractivity contribution is 0.112. The number of aromatic nitrogens is 1. The minimum atomic E-state index is 0.743. The number of hydrogen-bond acceptors (Lipinski definition) is 2. The Kier molecular flexibility index (Phi) is 5.19. The van der Waals surface area contributed by atoms with Crippen LogP contribution in [0.1, 0.15) is 20.1 Å². The second kappa shape index (κ2) is 7.99. The maximum atomic E-state index is 10.9. The number of fused-ring (bicyclic) bond motifs is 3. The van der Waals surface area contributed by atoms with E-state index in [1.54, 1.807) is 0 Å². The van der Waals surface area contributed by atoms with Gasteiger partial charge in [0.05, 0.1) is 15.9 Å². The van der Waals surface area contributed by atoms with E-state index in [4.69, 9.17) is 0 Å². The van der Waals surface area contributed by atoms with Crippen molar-refractivity contribution in [1.29, 1.82) is 0 Å². The van der Waals surface area contributed by atoms with Crippen molar-refractivity contribution in [2.75, 3.05) is 0 Å². The van der Waals surface area contributed by atoms with Crippen molar-refractivity contribution in [2.24, 2.45) is 0 Å². The summed E-state index contributed by atoms with van der Waals surface area (Å²) in [6, 6.07) is 25.2. The number of rotatable bonds is 4. The fourth-order valence-electron chi connectivity index (χ4n) is 3.68. The Balaban J connectivity index is 1.68. The van der Waals surface area contributed by atoms with Crippen LogP contribution in [0.5, 0.6) is 0 Å². The molecule has 0 aliphatic rings. The molecule has 5 aromatic rings. The molecule has 0 fully saturated rings. The first-order valence-electron chi connectivity index (χ1n) is 9.35. The Labute approximate surface area is 194 Å². The Morgan fingerprint density at radius 2 is 1.37 bits per heavy atom. The number of aldehydes is 1. The predicted octanol–water partition coefficient (Wildman–Crippen LogP) is 8.35. The van der Waals surface area contributed by atoms with E-state index in [1.165, 1.54) is 33.1 Å². The van der Waals surface area contributed by atoms with Crippen molar-refractivity contribution in [1.82, 2.24) is 4.57 Å². The van der Waals surface area contributed by atoms with Crippen LogP contribution in [0, 0.1) is 0 Å². The van der Waals surface area contributed by atoms with Crippen LogP contribution in [-0.2, 0) is 0 Å². The maximum Gasteiger partial charge on any atom is 0.160 e. The molecule has 5 rings (SSSR count). The molecular weight excluding hydrogens is 522 g/mol. The molecule has 2 nitrogen and oxygen atoms in total. The summed E-state index contributed by atoms with van der Waals surface area (Å²) < 4.78 is 4.42. The van der Waals surface area contributed by atoms with Gasteiger partial charge in [-0.15, -0.1) is 11.3 Å². The minimum absolute atomic E-state index is 0.743. The standard InChI is InChI=1S/C25H15Br2NOS/c26-17-3-6-19(7-4-17)28-24-11-2-16(1-8-20-9-10-21(15-29)30-20)13-22(24)23-14-18(27)5-12-25(23)28/h1-15H. The van der Waals surface area contributed by atoms with Gasteiger partial charge in [-0.1, -0.05) is 44.0 Å². The summed E-state index contributed by atoms with van der Waals surface area (Å²) in [4.78, 5) is 12.7. The first-order chi connectivity index (χ1) is 14.6. The average molecular weight is 537 g/mol. The van der Waals surface area contributed by atoms with Gasteiger partial charge in [0.1, 0.15) is 0 Å². The molecule has 146 valence electrons. The Morgan fingerprint density at radius 1 is 0.700 bits per heavy atom. The molecule has 0 saturated carbocycles. The van der Waals surface area contributed by atoms with Gasteiger partial charge in [-0.3, -0.25) is 4.79 Å². The third-order valence-corrected chi connectivity index (χ3v) is 7.04. The van der Waals surface area contributed by atoms with Crippen molar-refractivity contribution in [3.05, 3.63) is 97.1 Å². The molecule has 0 amide bonds. The molecule has 3 aromatic carbocycles. The van der Waals surface area contributed by atoms with Crippen LogP contribution < -0.4 is 0 Å². The van der Waals surface area contributed by atoms with Crippen LogP contribution in [-0.4, -0.2) is 10.9 Å². The van der Waals surface area contributed by atoms with E-state index < -0.39 is 0 Å². The van der Waals surface area contributed by atoms with Crippen LogP contribution in [0.15, 0.2) is 81.7 Å². The van der Waals surface area contributed by atoms with E-state index in [0.717, 1.165) is 36.2 Å². The van der Waals surface area contributed by atoms with Gasteiger partial charge < -0.3 is 4.57 Å². The molecule has 0 atom stereocenters. The molecule has 0 saturated heterocycles. The van der Waals surface area contributed by atoms with Gasteiger partial charge >= 0.3 is 0 Å². The average Bonchev–Trinajstić information content (AvgIpc) is 3.35. The zero-order chi connectivity index (χ0) is 20.7. The number of nitrogens with zero attached hydrogens (tertiary/aromatic N) is 1. The number of thiophene rings is 1. The number of benzene rings is 3. The van der Waals surface area contributed by atoms with Crippen LogP contribution in [0.4, 0.5) is 0 Å². The Morgan fingerprint density at radius 3 is 2.10 bits per heavy atom. The monoisotopic (exact) mass is 535 g/mol. The Hall–Kier alpha value is -2.47.